The highest BCUT2D eigenvalue weighted by Crippen LogP contribution is 2.17. The molecule has 0 amide bonds. The number of unbranched alkanes of at least 4 members (excludes halogenated alkanes) is 3. The number of nitrogens with one attached hydrogen (secondary N) is 2. The number of nitrogens with zero attached hydrogens (tertiary/aromatic N) is 1. The molecule has 2 N–H and O–H groups in total. The van der Waals surface area contributed by atoms with Crippen LogP contribution in [0.5, 0.6) is 0 Å². The van der Waals surface area contributed by atoms with Crippen molar-refractivity contribution in [2.24, 2.45) is 4.99 Å². The summed E-state index contributed by atoms with van der Waals surface area (Å²) in [7, 11) is 1.52. The molecule has 0 aromatic rings. The predicted octanol–water partition coefficient (Wildman–Crippen LogP) is 3.24. The number of hydrogen-bond acceptors (Lipinski definition) is 3. The first-order valence-electron chi connectivity index (χ1n) is 7.56. The number of esters is 1. The summed E-state index contributed by atoms with van der Waals surface area (Å²) in [6.07, 6.45) is -1.11. The van der Waals surface area contributed by atoms with E-state index in [2.05, 4.69) is 15.6 Å². The van der Waals surface area contributed by atoms with Crippen molar-refractivity contribution in [3.63, 3.8) is 0 Å². The molecule has 138 valence electrons. The molecule has 0 atom stereocenters. The maximum absolute atomic E-state index is 12.0. The van der Waals surface area contributed by atoms with Crippen molar-refractivity contribution in [3.05, 3.63) is 0 Å². The zero-order valence-corrected chi connectivity index (χ0v) is 16.0. The Bertz CT molecular complexity index is 340. The molecule has 0 aromatic heterocycles. The quantitative estimate of drug-likeness (QED) is 0.175. The van der Waals surface area contributed by atoms with Crippen LogP contribution < -0.4 is 10.6 Å². The van der Waals surface area contributed by atoms with Crippen molar-refractivity contribution in [1.29, 1.82) is 0 Å². The molecule has 5 nitrogen and oxygen atoms in total. The summed E-state index contributed by atoms with van der Waals surface area (Å²) in [6, 6.07) is 0. The minimum absolute atomic E-state index is 0. The van der Waals surface area contributed by atoms with Crippen LogP contribution in [0.2, 0.25) is 0 Å². The van der Waals surface area contributed by atoms with Gasteiger partial charge >= 0.3 is 12.1 Å². The number of carbonyl (C=O) groups excluding carboxylic acids is 1. The van der Waals surface area contributed by atoms with Gasteiger partial charge in [0.15, 0.2) is 5.96 Å². The third-order valence-electron chi connectivity index (χ3n) is 2.83. The average Bonchev–Trinajstić information content (AvgIpc) is 2.43. The smallest absolute Gasteiger partial charge is 0.390 e. The van der Waals surface area contributed by atoms with Crippen molar-refractivity contribution in [2.45, 2.75) is 51.6 Å². The number of carbonyl (C=O) groups is 1. The average molecular weight is 453 g/mol. The van der Waals surface area contributed by atoms with Crippen LogP contribution in [-0.4, -0.2) is 44.8 Å². The van der Waals surface area contributed by atoms with Crippen LogP contribution in [-0.2, 0) is 9.53 Å². The summed E-state index contributed by atoms with van der Waals surface area (Å²) in [5.74, 6) is 0.200. The van der Waals surface area contributed by atoms with Gasteiger partial charge in [0.1, 0.15) is 0 Å². The standard InChI is InChI=1S/C14H26F3N3O2.HI/c1-3-22-12(21)8-6-4-5-7-10-19-13(18-2)20-11-9-14(15,16)17;/h3-11H2,1-2H3,(H2,18,19,20);1H. The van der Waals surface area contributed by atoms with E-state index >= 15 is 0 Å². The lowest BCUT2D eigenvalue weighted by atomic mass is 10.1. The Kier molecular flexibility index (Phi) is 15.8. The van der Waals surface area contributed by atoms with Gasteiger partial charge in [-0.25, -0.2) is 0 Å². The molecule has 0 aliphatic rings. The van der Waals surface area contributed by atoms with Gasteiger partial charge in [0, 0.05) is 26.6 Å². The summed E-state index contributed by atoms with van der Waals surface area (Å²) in [5.41, 5.74) is 0. The van der Waals surface area contributed by atoms with Gasteiger partial charge in [0.2, 0.25) is 0 Å². The van der Waals surface area contributed by atoms with E-state index in [9.17, 15) is 18.0 Å². The Morgan fingerprint density at radius 3 is 2.26 bits per heavy atom. The molecule has 0 saturated heterocycles. The van der Waals surface area contributed by atoms with Gasteiger partial charge in [-0.1, -0.05) is 12.8 Å². The van der Waals surface area contributed by atoms with Crippen LogP contribution in [0.3, 0.4) is 0 Å². The molecule has 9 heteroatoms. The third-order valence-corrected chi connectivity index (χ3v) is 2.83. The van der Waals surface area contributed by atoms with E-state index in [0.717, 1.165) is 25.7 Å². The van der Waals surface area contributed by atoms with Crippen molar-refractivity contribution < 1.29 is 22.7 Å². The minimum Gasteiger partial charge on any atom is -0.466 e. The maximum Gasteiger partial charge on any atom is 0.390 e. The van der Waals surface area contributed by atoms with Gasteiger partial charge in [0.25, 0.3) is 0 Å². The lowest BCUT2D eigenvalue weighted by Gasteiger charge is -2.12. The molecule has 0 spiro atoms. The number of rotatable bonds is 10. The molecule has 0 heterocycles. The molecule has 23 heavy (non-hydrogen) atoms. The molecule has 0 bridgehead atoms. The van der Waals surface area contributed by atoms with Gasteiger partial charge in [-0.15, -0.1) is 24.0 Å². The highest BCUT2D eigenvalue weighted by atomic mass is 127. The molecule has 0 aliphatic carbocycles. The first kappa shape index (κ1) is 24.5. The molecule has 0 aliphatic heterocycles. The molecular weight excluding hydrogens is 426 g/mol. The Morgan fingerprint density at radius 2 is 1.70 bits per heavy atom. The lowest BCUT2D eigenvalue weighted by Crippen LogP contribution is -2.39. The van der Waals surface area contributed by atoms with Gasteiger partial charge in [0.05, 0.1) is 13.0 Å². The topological polar surface area (TPSA) is 62.7 Å². The predicted molar refractivity (Wildman–Crippen MR) is 95.2 cm³/mol. The van der Waals surface area contributed by atoms with Gasteiger partial charge in [-0.05, 0) is 19.8 Å². The largest absolute Gasteiger partial charge is 0.466 e. The molecule has 0 rings (SSSR count). The number of ether oxygens (including phenoxy) is 1. The van der Waals surface area contributed by atoms with E-state index in [1.54, 1.807) is 6.92 Å². The lowest BCUT2D eigenvalue weighted by molar-refractivity contribution is -0.143. The number of hydrogen-bond donors (Lipinski definition) is 2. The van der Waals surface area contributed by atoms with E-state index < -0.39 is 12.6 Å². The van der Waals surface area contributed by atoms with Gasteiger partial charge < -0.3 is 15.4 Å². The Balaban J connectivity index is 0. The second kappa shape index (κ2) is 14.8. The van der Waals surface area contributed by atoms with Crippen LogP contribution in [0.4, 0.5) is 13.2 Å². The van der Waals surface area contributed by atoms with Gasteiger partial charge in [-0.3, -0.25) is 9.79 Å². The zero-order chi connectivity index (χ0) is 16.8. The number of guanidine groups is 1. The summed E-state index contributed by atoms with van der Waals surface area (Å²) in [6.45, 7) is 2.62. The fourth-order valence-electron chi connectivity index (χ4n) is 1.73. The fraction of sp³-hybridized carbons (Fsp3) is 0.857. The molecule has 0 radical (unpaired) electrons. The summed E-state index contributed by atoms with van der Waals surface area (Å²) >= 11 is 0. The van der Waals surface area contributed by atoms with E-state index in [1.807, 2.05) is 0 Å². The third kappa shape index (κ3) is 17.4. The SMILES string of the molecule is CCOC(=O)CCCCCCNC(=NC)NCCC(F)(F)F.I. The molecular formula is C14H27F3IN3O2. The molecule has 0 unspecified atom stereocenters. The van der Waals surface area contributed by atoms with Crippen molar-refractivity contribution >= 4 is 35.9 Å². The highest BCUT2D eigenvalue weighted by molar-refractivity contribution is 14.0. The Labute approximate surface area is 152 Å². The second-order valence-corrected chi connectivity index (χ2v) is 4.76. The van der Waals surface area contributed by atoms with Crippen LogP contribution in [0.1, 0.15) is 45.4 Å². The zero-order valence-electron chi connectivity index (χ0n) is 13.7. The Hall–Kier alpha value is -0.740. The van der Waals surface area contributed by atoms with E-state index in [1.165, 1.54) is 7.05 Å². The number of halogens is 4. The van der Waals surface area contributed by atoms with Crippen molar-refractivity contribution in [1.82, 2.24) is 10.6 Å². The monoisotopic (exact) mass is 453 g/mol. The van der Waals surface area contributed by atoms with Gasteiger partial charge in [-0.2, -0.15) is 13.2 Å². The second-order valence-electron chi connectivity index (χ2n) is 4.76. The minimum atomic E-state index is -4.16. The van der Waals surface area contributed by atoms with E-state index in [4.69, 9.17) is 4.74 Å². The molecule has 0 fully saturated rings. The van der Waals surface area contributed by atoms with E-state index in [0.29, 0.717) is 25.5 Å². The van der Waals surface area contributed by atoms with Crippen LogP contribution in [0.15, 0.2) is 4.99 Å². The summed E-state index contributed by atoms with van der Waals surface area (Å²) in [4.78, 5) is 14.9. The normalized spacial score (nSPS) is 11.6. The number of alkyl halides is 3. The first-order chi connectivity index (χ1) is 10.4. The summed E-state index contributed by atoms with van der Waals surface area (Å²) in [5, 5.41) is 5.57. The Morgan fingerprint density at radius 1 is 1.09 bits per heavy atom. The number of aliphatic imine (C=N–C) groups is 1. The van der Waals surface area contributed by atoms with Crippen molar-refractivity contribution in [2.75, 3.05) is 26.7 Å². The first-order valence-corrected chi connectivity index (χ1v) is 7.56. The summed E-state index contributed by atoms with van der Waals surface area (Å²) < 4.78 is 40.8. The maximum atomic E-state index is 12.0. The van der Waals surface area contributed by atoms with Crippen molar-refractivity contribution in [3.8, 4) is 0 Å². The highest BCUT2D eigenvalue weighted by Gasteiger charge is 2.26. The van der Waals surface area contributed by atoms with Crippen LogP contribution in [0, 0.1) is 0 Å². The molecule has 0 aromatic carbocycles. The van der Waals surface area contributed by atoms with Crippen LogP contribution >= 0.6 is 24.0 Å². The fourth-order valence-corrected chi connectivity index (χ4v) is 1.73. The van der Waals surface area contributed by atoms with Crippen LogP contribution in [0.25, 0.3) is 0 Å². The molecule has 0 saturated carbocycles. The van der Waals surface area contributed by atoms with E-state index in [-0.39, 0.29) is 36.5 Å².